The Morgan fingerprint density at radius 3 is 2.25 bits per heavy atom. The molecular weight excluding hydrogens is 356 g/mol. The van der Waals surface area contributed by atoms with Crippen molar-refractivity contribution in [2.75, 3.05) is 0 Å². The van der Waals surface area contributed by atoms with E-state index in [2.05, 4.69) is 9.72 Å². The summed E-state index contributed by atoms with van der Waals surface area (Å²) >= 11 is 5.27. The smallest absolute Gasteiger partial charge is 0.402 e. The number of hydrogen-bond acceptors (Lipinski definition) is 4. The molecule has 0 saturated carbocycles. The highest BCUT2D eigenvalue weighted by Crippen LogP contribution is 2.36. The summed E-state index contributed by atoms with van der Waals surface area (Å²) < 4.78 is 87.5. The predicted molar refractivity (Wildman–Crippen MR) is 58.5 cm³/mol. The molecule has 0 unspecified atom stereocenters. The topological polar surface area (TPSA) is 56.3 Å². The van der Waals surface area contributed by atoms with E-state index in [9.17, 15) is 30.4 Å². The Bertz CT molecular complexity index is 605. The van der Waals surface area contributed by atoms with Crippen LogP contribution in [0, 0.1) is 0 Å². The van der Waals surface area contributed by atoms with Crippen LogP contribution >= 0.6 is 22.3 Å². The lowest BCUT2D eigenvalue weighted by molar-refractivity contribution is -0.276. The van der Waals surface area contributed by atoms with Gasteiger partial charge < -0.3 is 4.74 Å². The van der Waals surface area contributed by atoms with Crippen LogP contribution in [-0.2, 0) is 14.9 Å². The van der Waals surface area contributed by atoms with E-state index in [1.165, 1.54) is 0 Å². The van der Waals surface area contributed by atoms with E-state index in [1.807, 2.05) is 0 Å². The molecule has 0 aromatic carbocycles. The number of nitrogens with zero attached hydrogens (tertiary/aromatic N) is 1. The minimum absolute atomic E-state index is 0.199. The number of aromatic nitrogens is 1. The lowest BCUT2D eigenvalue weighted by atomic mass is 10.3. The zero-order chi connectivity index (χ0) is 15.7. The van der Waals surface area contributed by atoms with Crippen molar-refractivity contribution in [1.82, 2.24) is 4.98 Å². The molecule has 0 N–H and O–H groups in total. The number of hydrogen-bond donors (Lipinski definition) is 0. The molecule has 1 aromatic rings. The molecule has 0 bridgehead atoms. The Balaban J connectivity index is 3.61. The lowest BCUT2D eigenvalue weighted by Crippen LogP contribution is -2.20. The molecule has 4 nitrogen and oxygen atoms in total. The van der Waals surface area contributed by atoms with E-state index in [1.54, 1.807) is 0 Å². The summed E-state index contributed by atoms with van der Waals surface area (Å²) in [6, 6.07) is 0.199. The maximum Gasteiger partial charge on any atom is 0.573 e. The fraction of sp³-hybridized carbons (Fsp3) is 0.375. The highest BCUT2D eigenvalue weighted by atomic mass is 35.7. The van der Waals surface area contributed by atoms with Gasteiger partial charge in [-0.05, 0) is 6.07 Å². The van der Waals surface area contributed by atoms with Crippen molar-refractivity contribution in [3.05, 3.63) is 17.5 Å². The monoisotopic (exact) mass is 359 g/mol. The quantitative estimate of drug-likeness (QED) is 0.468. The van der Waals surface area contributed by atoms with Gasteiger partial charge in [-0.2, -0.15) is 0 Å². The third-order valence-corrected chi connectivity index (χ3v) is 3.44. The van der Waals surface area contributed by atoms with Gasteiger partial charge in [-0.15, -0.1) is 24.8 Å². The van der Waals surface area contributed by atoms with Crippen molar-refractivity contribution in [2.45, 2.75) is 23.6 Å². The largest absolute Gasteiger partial charge is 0.573 e. The molecule has 114 valence electrons. The van der Waals surface area contributed by atoms with Crippen LogP contribution < -0.4 is 4.74 Å². The minimum atomic E-state index is -5.27. The molecule has 0 aliphatic rings. The van der Waals surface area contributed by atoms with Crippen LogP contribution in [0.3, 0.4) is 0 Å². The number of halogens is 7. The second kappa shape index (κ2) is 5.86. The standard InChI is InChI=1S/C8H4Cl2F5NO3S/c9-2-4-6(19-8(13,14)15)5(20(10,17)18)1-3(16-4)7(11)12/h1,7H,2H2. The van der Waals surface area contributed by atoms with Gasteiger partial charge in [0.15, 0.2) is 5.75 Å². The van der Waals surface area contributed by atoms with Gasteiger partial charge in [-0.3, -0.25) is 0 Å². The first kappa shape index (κ1) is 17.2. The van der Waals surface area contributed by atoms with Crippen LogP contribution in [0.5, 0.6) is 5.75 Å². The van der Waals surface area contributed by atoms with E-state index < -0.39 is 49.8 Å². The first-order valence-electron chi connectivity index (χ1n) is 4.54. The molecule has 1 heterocycles. The lowest BCUT2D eigenvalue weighted by Gasteiger charge is -2.15. The first-order valence-corrected chi connectivity index (χ1v) is 7.38. The molecular formula is C8H4Cl2F5NO3S. The van der Waals surface area contributed by atoms with Crippen molar-refractivity contribution in [2.24, 2.45) is 0 Å². The average molecular weight is 360 g/mol. The maximum absolute atomic E-state index is 12.5. The number of ether oxygens (including phenoxy) is 1. The number of pyridine rings is 1. The fourth-order valence-corrected chi connectivity index (χ4v) is 2.36. The maximum atomic E-state index is 12.5. The van der Waals surface area contributed by atoms with Crippen LogP contribution in [0.1, 0.15) is 17.8 Å². The molecule has 0 aliphatic carbocycles. The summed E-state index contributed by atoms with van der Waals surface area (Å²) in [7, 11) is 0.128. The van der Waals surface area contributed by atoms with Crippen molar-refractivity contribution in [1.29, 1.82) is 0 Å². The van der Waals surface area contributed by atoms with E-state index >= 15 is 0 Å². The Hall–Kier alpha value is -0.870. The minimum Gasteiger partial charge on any atom is -0.402 e. The molecule has 0 spiro atoms. The van der Waals surface area contributed by atoms with Crippen molar-refractivity contribution >= 4 is 31.3 Å². The van der Waals surface area contributed by atoms with Crippen LogP contribution in [0.15, 0.2) is 11.0 Å². The molecule has 20 heavy (non-hydrogen) atoms. The van der Waals surface area contributed by atoms with Gasteiger partial charge in [0.05, 0.1) is 11.6 Å². The van der Waals surface area contributed by atoms with Gasteiger partial charge in [0.2, 0.25) is 0 Å². The van der Waals surface area contributed by atoms with E-state index in [-0.39, 0.29) is 6.07 Å². The third kappa shape index (κ3) is 4.32. The molecule has 0 fully saturated rings. The second-order valence-corrected chi connectivity index (χ2v) is 6.04. The summed E-state index contributed by atoms with van der Waals surface area (Å²) in [5.74, 6) is -2.11. The molecule has 1 aromatic heterocycles. The second-order valence-electron chi connectivity index (χ2n) is 3.24. The van der Waals surface area contributed by atoms with Crippen LogP contribution in [0.4, 0.5) is 22.0 Å². The Kier molecular flexibility index (Phi) is 5.03. The van der Waals surface area contributed by atoms with Gasteiger partial charge in [0.25, 0.3) is 15.5 Å². The van der Waals surface area contributed by atoms with Gasteiger partial charge in [-0.1, -0.05) is 0 Å². The Morgan fingerprint density at radius 1 is 1.35 bits per heavy atom. The van der Waals surface area contributed by atoms with E-state index in [0.717, 1.165) is 0 Å². The highest BCUT2D eigenvalue weighted by molar-refractivity contribution is 8.13. The highest BCUT2D eigenvalue weighted by Gasteiger charge is 2.36. The summed E-state index contributed by atoms with van der Waals surface area (Å²) in [5, 5.41) is 0. The van der Waals surface area contributed by atoms with Gasteiger partial charge in [0.1, 0.15) is 10.6 Å². The number of rotatable bonds is 4. The van der Waals surface area contributed by atoms with Gasteiger partial charge >= 0.3 is 6.36 Å². The van der Waals surface area contributed by atoms with Crippen LogP contribution in [-0.4, -0.2) is 19.8 Å². The van der Waals surface area contributed by atoms with Crippen LogP contribution in [0.25, 0.3) is 0 Å². The van der Waals surface area contributed by atoms with E-state index in [0.29, 0.717) is 0 Å². The van der Waals surface area contributed by atoms with Crippen molar-refractivity contribution in [3.8, 4) is 5.75 Å². The fourth-order valence-electron chi connectivity index (χ4n) is 1.19. The first-order chi connectivity index (χ1) is 8.95. The Labute approximate surface area is 118 Å². The average Bonchev–Trinajstić information content (AvgIpc) is 2.25. The SMILES string of the molecule is O=S(=O)(Cl)c1cc(C(F)F)nc(CCl)c1OC(F)(F)F. The Morgan fingerprint density at radius 2 is 1.90 bits per heavy atom. The van der Waals surface area contributed by atoms with Gasteiger partial charge in [0, 0.05) is 10.7 Å². The molecule has 0 amide bonds. The number of alkyl halides is 6. The zero-order valence-corrected chi connectivity index (χ0v) is 11.4. The van der Waals surface area contributed by atoms with Crippen molar-refractivity contribution in [3.63, 3.8) is 0 Å². The third-order valence-electron chi connectivity index (χ3n) is 1.86. The molecule has 12 heteroatoms. The molecule has 0 radical (unpaired) electrons. The zero-order valence-electron chi connectivity index (χ0n) is 9.09. The predicted octanol–water partition coefficient (Wildman–Crippen LogP) is 3.58. The summed E-state index contributed by atoms with van der Waals surface area (Å²) in [4.78, 5) is 1.84. The summed E-state index contributed by atoms with van der Waals surface area (Å²) in [6.07, 6.45) is -8.50. The molecule has 1 rings (SSSR count). The van der Waals surface area contributed by atoms with E-state index in [4.69, 9.17) is 22.3 Å². The summed E-state index contributed by atoms with van der Waals surface area (Å²) in [5.41, 5.74) is -1.91. The van der Waals surface area contributed by atoms with Crippen LogP contribution in [0.2, 0.25) is 0 Å². The molecule has 0 atom stereocenters. The normalized spacial score (nSPS) is 12.8. The molecule has 0 aliphatic heterocycles. The van der Waals surface area contributed by atoms with Crippen molar-refractivity contribution < 1.29 is 35.1 Å². The van der Waals surface area contributed by atoms with Gasteiger partial charge in [-0.25, -0.2) is 22.2 Å². The summed E-state index contributed by atoms with van der Waals surface area (Å²) in [6.45, 7) is 0. The molecule has 0 saturated heterocycles.